The van der Waals surface area contributed by atoms with Gasteiger partial charge in [-0.25, -0.2) is 14.8 Å². The second-order valence-corrected chi connectivity index (χ2v) is 5.51. The third-order valence-electron chi connectivity index (χ3n) is 2.11. The van der Waals surface area contributed by atoms with E-state index >= 15 is 0 Å². The third-order valence-corrected chi connectivity index (χ3v) is 3.64. The van der Waals surface area contributed by atoms with Gasteiger partial charge in [-0.15, -0.1) is 22.7 Å². The van der Waals surface area contributed by atoms with Crippen molar-refractivity contribution in [2.75, 3.05) is 6.61 Å². The third kappa shape index (κ3) is 5.18. The molecule has 2 aromatic heterocycles. The Kier molecular flexibility index (Phi) is 8.58. The lowest BCUT2D eigenvalue weighted by Gasteiger charge is -1.97. The number of rotatable bonds is 3. The number of thiazole rings is 2. The molecule has 0 radical (unpaired) electrons. The summed E-state index contributed by atoms with van der Waals surface area (Å²) in [6.45, 7) is 5.90. The first kappa shape index (κ1) is 18.4. The first-order valence-corrected chi connectivity index (χ1v) is 7.28. The lowest BCUT2D eigenvalue weighted by Crippen LogP contribution is -2.05. The fourth-order valence-electron chi connectivity index (χ4n) is 1.13. The van der Waals surface area contributed by atoms with E-state index in [1.807, 2.05) is 13.8 Å². The normalized spacial score (nSPS) is 8.95. The number of aromatic nitrogens is 2. The van der Waals surface area contributed by atoms with Crippen LogP contribution in [0.15, 0.2) is 11.0 Å². The Bertz CT molecular complexity index is 549. The van der Waals surface area contributed by atoms with Crippen LogP contribution in [0.3, 0.4) is 0 Å². The first-order chi connectivity index (χ1) is 9.10. The minimum atomic E-state index is -0.328. The van der Waals surface area contributed by atoms with E-state index in [4.69, 9.17) is 4.74 Å². The van der Waals surface area contributed by atoms with Crippen LogP contribution < -0.4 is 0 Å². The van der Waals surface area contributed by atoms with E-state index in [0.717, 1.165) is 16.0 Å². The lowest BCUT2D eigenvalue weighted by atomic mass is 10.4. The average molecular weight is 314 g/mol. The van der Waals surface area contributed by atoms with E-state index < -0.39 is 0 Å². The van der Waals surface area contributed by atoms with Gasteiger partial charge in [-0.05, 0) is 20.8 Å². The summed E-state index contributed by atoms with van der Waals surface area (Å²) in [5.74, 6) is -0.328. The highest BCUT2D eigenvalue weighted by atomic mass is 32.1. The lowest BCUT2D eigenvalue weighted by molar-refractivity contribution is 0.0519. The Balaban J connectivity index is 0.000000359. The molecule has 0 saturated heterocycles. The van der Waals surface area contributed by atoms with Gasteiger partial charge in [0.05, 0.1) is 17.6 Å². The summed E-state index contributed by atoms with van der Waals surface area (Å²) in [6.07, 6.45) is 0.770. The maximum absolute atomic E-state index is 11.0. The number of aldehydes is 1. The van der Waals surface area contributed by atoms with E-state index in [9.17, 15) is 9.59 Å². The quantitative estimate of drug-likeness (QED) is 0.640. The molecule has 2 heterocycles. The van der Waals surface area contributed by atoms with Crippen LogP contribution in [0.2, 0.25) is 0 Å². The Labute approximate surface area is 126 Å². The molecule has 0 amide bonds. The fraction of sp³-hybridized carbons (Fsp3) is 0.385. The Morgan fingerprint density at radius 1 is 1.25 bits per heavy atom. The largest absolute Gasteiger partial charge is 0.461 e. The minimum absolute atomic E-state index is 0. The molecule has 5 nitrogen and oxygen atoms in total. The van der Waals surface area contributed by atoms with Crippen LogP contribution in [0, 0.1) is 13.8 Å². The molecule has 0 aliphatic heterocycles. The van der Waals surface area contributed by atoms with Gasteiger partial charge in [0.1, 0.15) is 5.69 Å². The van der Waals surface area contributed by atoms with Crippen LogP contribution in [0.1, 0.15) is 45.1 Å². The molecule has 0 N–H and O–H groups in total. The van der Waals surface area contributed by atoms with Crippen molar-refractivity contribution in [2.24, 2.45) is 0 Å². The van der Waals surface area contributed by atoms with Gasteiger partial charge in [0.25, 0.3) is 0 Å². The summed E-state index contributed by atoms with van der Waals surface area (Å²) in [5.41, 5.74) is 4.31. The van der Waals surface area contributed by atoms with Gasteiger partial charge in [-0.2, -0.15) is 0 Å². The van der Waals surface area contributed by atoms with Crippen molar-refractivity contribution >= 4 is 34.9 Å². The highest BCUT2D eigenvalue weighted by Crippen LogP contribution is 2.11. The average Bonchev–Trinajstić information content (AvgIpc) is 2.98. The molecule has 2 rings (SSSR count). The van der Waals surface area contributed by atoms with E-state index in [0.29, 0.717) is 18.0 Å². The van der Waals surface area contributed by atoms with Crippen molar-refractivity contribution in [1.29, 1.82) is 0 Å². The number of nitrogens with zero attached hydrogens (tertiary/aromatic N) is 2. The second-order valence-electron chi connectivity index (χ2n) is 3.39. The zero-order chi connectivity index (χ0) is 14.3. The first-order valence-electron chi connectivity index (χ1n) is 5.52. The van der Waals surface area contributed by atoms with Crippen molar-refractivity contribution in [3.05, 3.63) is 32.2 Å². The molecular weight excluding hydrogens is 296 g/mol. The van der Waals surface area contributed by atoms with Crippen LogP contribution in [0.25, 0.3) is 0 Å². The summed E-state index contributed by atoms with van der Waals surface area (Å²) in [5, 5.41) is 0. The zero-order valence-electron chi connectivity index (χ0n) is 10.9. The standard InChI is InChI=1S/C7H9NO2S.C5H5NOS.CH4/c1-3-10-7(9)6-5(2)11-4-8-6;1-4-5(2-7)6-3-8-4;/h4H,3H2,1-2H3;2-3H,1H3;1H4. The number of hydrogen-bond donors (Lipinski definition) is 0. The molecule has 0 aliphatic rings. The van der Waals surface area contributed by atoms with Crippen molar-refractivity contribution in [2.45, 2.75) is 28.2 Å². The van der Waals surface area contributed by atoms with Crippen molar-refractivity contribution in [3.63, 3.8) is 0 Å². The predicted octanol–water partition coefficient (Wildman–Crippen LogP) is 3.53. The molecule has 7 heteroatoms. The Hall–Kier alpha value is -1.60. The Morgan fingerprint density at radius 3 is 2.20 bits per heavy atom. The molecule has 20 heavy (non-hydrogen) atoms. The predicted molar refractivity (Wildman–Crippen MR) is 81.8 cm³/mol. The molecule has 0 bridgehead atoms. The van der Waals surface area contributed by atoms with Crippen LogP contribution in [-0.2, 0) is 4.74 Å². The number of carbonyl (C=O) groups excluding carboxylic acids is 2. The van der Waals surface area contributed by atoms with Crippen LogP contribution >= 0.6 is 22.7 Å². The minimum Gasteiger partial charge on any atom is -0.461 e. The number of carbonyl (C=O) groups is 2. The van der Waals surface area contributed by atoms with Gasteiger partial charge < -0.3 is 4.74 Å². The number of hydrogen-bond acceptors (Lipinski definition) is 7. The van der Waals surface area contributed by atoms with E-state index in [1.165, 1.54) is 22.7 Å². The van der Waals surface area contributed by atoms with E-state index in [1.54, 1.807) is 17.9 Å². The number of ether oxygens (including phenoxy) is 1. The molecule has 0 spiro atoms. The maximum atomic E-state index is 11.0. The van der Waals surface area contributed by atoms with Crippen molar-refractivity contribution < 1.29 is 14.3 Å². The van der Waals surface area contributed by atoms with Gasteiger partial charge in [0, 0.05) is 9.75 Å². The van der Waals surface area contributed by atoms with Gasteiger partial charge in [-0.3, -0.25) is 4.79 Å². The molecule has 0 aliphatic carbocycles. The number of aryl methyl sites for hydroxylation is 2. The summed E-state index contributed by atoms with van der Waals surface area (Å²) >= 11 is 2.93. The van der Waals surface area contributed by atoms with E-state index in [-0.39, 0.29) is 13.4 Å². The van der Waals surface area contributed by atoms with Crippen molar-refractivity contribution in [1.82, 2.24) is 9.97 Å². The van der Waals surface area contributed by atoms with E-state index in [2.05, 4.69) is 9.97 Å². The fourth-order valence-corrected chi connectivity index (χ4v) is 2.24. The Morgan fingerprint density at radius 2 is 1.85 bits per heavy atom. The zero-order valence-corrected chi connectivity index (χ0v) is 12.5. The molecule has 0 aromatic carbocycles. The van der Waals surface area contributed by atoms with Crippen LogP contribution in [0.4, 0.5) is 0 Å². The van der Waals surface area contributed by atoms with Gasteiger partial charge in [0.2, 0.25) is 0 Å². The van der Waals surface area contributed by atoms with Gasteiger partial charge in [-0.1, -0.05) is 7.43 Å². The molecule has 2 aromatic rings. The molecule has 0 atom stereocenters. The van der Waals surface area contributed by atoms with Crippen LogP contribution in [0.5, 0.6) is 0 Å². The SMILES string of the molecule is C.CCOC(=O)c1ncsc1C.Cc1scnc1C=O. The summed E-state index contributed by atoms with van der Waals surface area (Å²) < 4.78 is 4.77. The molecule has 0 unspecified atom stereocenters. The summed E-state index contributed by atoms with van der Waals surface area (Å²) in [7, 11) is 0. The number of esters is 1. The monoisotopic (exact) mass is 314 g/mol. The summed E-state index contributed by atoms with van der Waals surface area (Å²) in [6, 6.07) is 0. The van der Waals surface area contributed by atoms with Crippen molar-refractivity contribution in [3.8, 4) is 0 Å². The van der Waals surface area contributed by atoms with Gasteiger partial charge in [0.15, 0.2) is 12.0 Å². The topological polar surface area (TPSA) is 69.2 Å². The smallest absolute Gasteiger partial charge is 0.358 e. The highest BCUT2D eigenvalue weighted by molar-refractivity contribution is 7.10. The molecule has 110 valence electrons. The molecule has 0 fully saturated rings. The van der Waals surface area contributed by atoms with Crippen LogP contribution in [-0.4, -0.2) is 28.8 Å². The van der Waals surface area contributed by atoms with Gasteiger partial charge >= 0.3 is 5.97 Å². The second kappa shape index (κ2) is 9.33. The molecule has 0 saturated carbocycles. The maximum Gasteiger partial charge on any atom is 0.358 e. The molecular formula is C13H18N2O3S2. The summed E-state index contributed by atoms with van der Waals surface area (Å²) in [4.78, 5) is 30.6. The highest BCUT2D eigenvalue weighted by Gasteiger charge is 2.11.